The second-order valence-electron chi connectivity index (χ2n) is 5.83. The topological polar surface area (TPSA) is 89.8 Å². The van der Waals surface area contributed by atoms with E-state index in [4.69, 9.17) is 16.3 Å². The molecule has 1 aliphatic heterocycles. The summed E-state index contributed by atoms with van der Waals surface area (Å²) in [6, 6.07) is 11.1. The molecular formula is C19H15ClN2O5S. The van der Waals surface area contributed by atoms with Crippen molar-refractivity contribution in [2.75, 3.05) is 6.54 Å². The van der Waals surface area contributed by atoms with Crippen LogP contribution >= 0.6 is 23.4 Å². The summed E-state index contributed by atoms with van der Waals surface area (Å²) in [4.78, 5) is 35.8. The quantitative estimate of drug-likeness (QED) is 0.377. The maximum absolute atomic E-state index is 12.1. The average Bonchev–Trinajstić information content (AvgIpc) is 2.94. The second kappa shape index (κ2) is 8.45. The number of non-ortho nitro benzene ring substituents is 1. The fraction of sp³-hybridized carbons (Fsp3) is 0.158. The molecule has 2 aromatic rings. The van der Waals surface area contributed by atoms with Crippen molar-refractivity contribution in [3.8, 4) is 5.75 Å². The van der Waals surface area contributed by atoms with Crippen LogP contribution in [0.5, 0.6) is 5.75 Å². The molecule has 28 heavy (non-hydrogen) atoms. The Morgan fingerprint density at radius 2 is 2.04 bits per heavy atom. The Morgan fingerprint density at radius 3 is 2.68 bits per heavy atom. The highest BCUT2D eigenvalue weighted by Crippen LogP contribution is 2.33. The number of nitro groups is 1. The van der Waals surface area contributed by atoms with Crippen molar-refractivity contribution in [1.29, 1.82) is 0 Å². The predicted octanol–water partition coefficient (Wildman–Crippen LogP) is 4.88. The Hall–Kier alpha value is -2.84. The third kappa shape index (κ3) is 4.35. The number of likely N-dealkylation sites (N-methyl/N-ethyl adjacent to an activating group) is 1. The summed E-state index contributed by atoms with van der Waals surface area (Å²) in [5, 5.41) is 10.9. The van der Waals surface area contributed by atoms with Crippen molar-refractivity contribution in [2.45, 2.75) is 13.5 Å². The van der Waals surface area contributed by atoms with E-state index in [0.29, 0.717) is 33.3 Å². The van der Waals surface area contributed by atoms with Gasteiger partial charge in [-0.3, -0.25) is 24.6 Å². The minimum absolute atomic E-state index is 0.0106. The zero-order valence-electron chi connectivity index (χ0n) is 14.8. The number of imide groups is 1. The first-order valence-electron chi connectivity index (χ1n) is 8.30. The molecule has 0 radical (unpaired) electrons. The second-order valence-corrected chi connectivity index (χ2v) is 7.23. The maximum Gasteiger partial charge on any atom is 0.293 e. The van der Waals surface area contributed by atoms with Gasteiger partial charge in [0.25, 0.3) is 16.8 Å². The molecule has 7 nitrogen and oxygen atoms in total. The minimum atomic E-state index is -0.467. The van der Waals surface area contributed by atoms with Gasteiger partial charge in [0.2, 0.25) is 0 Å². The number of ether oxygens (including phenoxy) is 1. The van der Waals surface area contributed by atoms with Crippen LogP contribution in [0.3, 0.4) is 0 Å². The number of hydrogen-bond donors (Lipinski definition) is 0. The minimum Gasteiger partial charge on any atom is -0.487 e. The number of nitrogens with zero attached hydrogens (tertiary/aromatic N) is 2. The molecule has 2 aromatic carbocycles. The van der Waals surface area contributed by atoms with Crippen LogP contribution in [0.15, 0.2) is 47.4 Å². The van der Waals surface area contributed by atoms with Crippen molar-refractivity contribution < 1.29 is 19.2 Å². The largest absolute Gasteiger partial charge is 0.487 e. The molecule has 0 spiro atoms. The number of nitro benzene ring substituents is 1. The van der Waals surface area contributed by atoms with Crippen molar-refractivity contribution in [3.63, 3.8) is 0 Å². The predicted molar refractivity (Wildman–Crippen MR) is 107 cm³/mol. The van der Waals surface area contributed by atoms with Crippen molar-refractivity contribution in [1.82, 2.24) is 4.90 Å². The molecule has 2 amide bonds. The monoisotopic (exact) mass is 418 g/mol. The smallest absolute Gasteiger partial charge is 0.293 e. The lowest BCUT2D eigenvalue weighted by molar-refractivity contribution is -0.384. The lowest BCUT2D eigenvalue weighted by atomic mass is 10.2. The van der Waals surface area contributed by atoms with E-state index in [2.05, 4.69) is 0 Å². The van der Waals surface area contributed by atoms with Crippen LogP contribution < -0.4 is 4.74 Å². The van der Waals surface area contributed by atoms with Crippen molar-refractivity contribution in [3.05, 3.63) is 73.6 Å². The van der Waals surface area contributed by atoms with Gasteiger partial charge in [0.1, 0.15) is 12.4 Å². The Bertz CT molecular complexity index is 992. The molecule has 1 saturated heterocycles. The Labute approximate surface area is 170 Å². The molecule has 0 N–H and O–H groups in total. The van der Waals surface area contributed by atoms with Crippen LogP contribution in [0.4, 0.5) is 10.5 Å². The summed E-state index contributed by atoms with van der Waals surface area (Å²) in [6.45, 7) is 2.19. The molecule has 0 saturated carbocycles. The molecular weight excluding hydrogens is 404 g/mol. The van der Waals surface area contributed by atoms with Crippen LogP contribution in [-0.2, 0) is 11.4 Å². The van der Waals surface area contributed by atoms with Gasteiger partial charge in [-0.05, 0) is 48.0 Å². The third-order valence-corrected chi connectivity index (χ3v) is 5.16. The molecule has 9 heteroatoms. The fourth-order valence-corrected chi connectivity index (χ4v) is 3.72. The summed E-state index contributed by atoms with van der Waals surface area (Å²) >= 11 is 7.14. The average molecular weight is 419 g/mol. The summed E-state index contributed by atoms with van der Waals surface area (Å²) in [7, 11) is 0. The molecule has 0 aliphatic carbocycles. The molecule has 0 atom stereocenters. The van der Waals surface area contributed by atoms with Crippen LogP contribution in [0.2, 0.25) is 5.02 Å². The Morgan fingerprint density at radius 1 is 1.25 bits per heavy atom. The van der Waals surface area contributed by atoms with E-state index in [9.17, 15) is 19.7 Å². The molecule has 144 valence electrons. The van der Waals surface area contributed by atoms with Gasteiger partial charge in [0.15, 0.2) is 0 Å². The Kier molecular flexibility index (Phi) is 6.01. The number of thioether (sulfide) groups is 1. The van der Waals surface area contributed by atoms with Gasteiger partial charge in [-0.1, -0.05) is 29.8 Å². The van der Waals surface area contributed by atoms with Crippen LogP contribution in [0.1, 0.15) is 18.1 Å². The first-order chi connectivity index (χ1) is 13.4. The zero-order chi connectivity index (χ0) is 20.3. The SMILES string of the molecule is CCN1C(=O)S/C(=C\c2ccc(OCc3cccc([N+](=O)[O-])c3)c(Cl)c2)C1=O. The summed E-state index contributed by atoms with van der Waals surface area (Å²) in [5.74, 6) is 0.0895. The number of rotatable bonds is 6. The van der Waals surface area contributed by atoms with Crippen LogP contribution in [-0.4, -0.2) is 27.5 Å². The van der Waals surface area contributed by atoms with Gasteiger partial charge in [-0.25, -0.2) is 0 Å². The normalized spacial score (nSPS) is 15.4. The number of amides is 2. The van der Waals surface area contributed by atoms with Gasteiger partial charge >= 0.3 is 0 Å². The number of hydrogen-bond acceptors (Lipinski definition) is 6. The lowest BCUT2D eigenvalue weighted by Gasteiger charge is -2.09. The van der Waals surface area contributed by atoms with E-state index >= 15 is 0 Å². The van der Waals surface area contributed by atoms with E-state index in [0.717, 1.165) is 11.8 Å². The number of carbonyl (C=O) groups excluding carboxylic acids is 2. The summed E-state index contributed by atoms with van der Waals surface area (Å²) in [6.07, 6.45) is 1.61. The fourth-order valence-electron chi connectivity index (χ4n) is 2.57. The Balaban J connectivity index is 1.72. The highest BCUT2D eigenvalue weighted by atomic mass is 35.5. The summed E-state index contributed by atoms with van der Waals surface area (Å²) < 4.78 is 5.65. The van der Waals surface area contributed by atoms with Gasteiger partial charge in [-0.15, -0.1) is 0 Å². The van der Waals surface area contributed by atoms with Crippen molar-refractivity contribution >= 4 is 46.3 Å². The number of carbonyl (C=O) groups is 2. The third-order valence-electron chi connectivity index (χ3n) is 3.96. The van der Waals surface area contributed by atoms with Gasteiger partial charge in [-0.2, -0.15) is 0 Å². The summed E-state index contributed by atoms with van der Waals surface area (Å²) in [5.41, 5.74) is 1.29. The highest BCUT2D eigenvalue weighted by Gasteiger charge is 2.33. The van der Waals surface area contributed by atoms with Gasteiger partial charge < -0.3 is 4.74 Å². The van der Waals surface area contributed by atoms with E-state index < -0.39 is 4.92 Å². The highest BCUT2D eigenvalue weighted by molar-refractivity contribution is 8.18. The van der Waals surface area contributed by atoms with E-state index in [1.807, 2.05) is 0 Å². The molecule has 0 bridgehead atoms. The molecule has 1 aliphatic rings. The maximum atomic E-state index is 12.1. The van der Waals surface area contributed by atoms with E-state index in [1.54, 1.807) is 43.3 Å². The molecule has 0 unspecified atom stereocenters. The van der Waals surface area contributed by atoms with Crippen LogP contribution in [0.25, 0.3) is 6.08 Å². The molecule has 1 heterocycles. The van der Waals surface area contributed by atoms with E-state index in [1.165, 1.54) is 17.0 Å². The molecule has 0 aromatic heterocycles. The van der Waals surface area contributed by atoms with Gasteiger partial charge in [0, 0.05) is 18.7 Å². The standard InChI is InChI=1S/C19H15ClN2O5S/c1-2-21-18(23)17(28-19(21)24)10-12-6-7-16(15(20)9-12)27-11-13-4-3-5-14(8-13)22(25)26/h3-10H,2,11H2,1H3/b17-10-. The molecule has 1 fully saturated rings. The van der Waals surface area contributed by atoms with Crippen molar-refractivity contribution in [2.24, 2.45) is 0 Å². The first kappa shape index (κ1) is 19.9. The molecule has 3 rings (SSSR count). The van der Waals surface area contributed by atoms with Gasteiger partial charge in [0.05, 0.1) is 14.9 Å². The number of benzene rings is 2. The first-order valence-corrected chi connectivity index (χ1v) is 9.49. The zero-order valence-corrected chi connectivity index (χ0v) is 16.3. The van der Waals surface area contributed by atoms with E-state index in [-0.39, 0.29) is 23.4 Å². The number of halogens is 1. The lowest BCUT2D eigenvalue weighted by Crippen LogP contribution is -2.27. The van der Waals surface area contributed by atoms with Crippen LogP contribution in [0, 0.1) is 10.1 Å².